The van der Waals surface area contributed by atoms with Gasteiger partial charge in [0.25, 0.3) is 5.56 Å². The first-order valence-corrected chi connectivity index (χ1v) is 8.95. The van der Waals surface area contributed by atoms with E-state index in [0.29, 0.717) is 57.7 Å². The van der Waals surface area contributed by atoms with Crippen LogP contribution in [0.25, 0.3) is 10.1 Å². The van der Waals surface area contributed by atoms with Gasteiger partial charge in [0.15, 0.2) is 10.9 Å². The smallest absolute Gasteiger partial charge is 0.281 e. The van der Waals surface area contributed by atoms with Gasteiger partial charge in [-0.1, -0.05) is 11.3 Å². The number of anilines is 2. The number of aromatic nitrogens is 1. The normalized spacial score (nSPS) is 18.8. The highest BCUT2D eigenvalue weighted by Gasteiger charge is 2.25. The topological polar surface area (TPSA) is 54.9 Å². The Hall–Kier alpha value is -1.84. The fraction of sp³-hybridized carbons (Fsp3) is 0.500. The summed E-state index contributed by atoms with van der Waals surface area (Å²) >= 11 is 1.08. The Bertz CT molecular complexity index is 849. The molecule has 2 aliphatic rings. The van der Waals surface area contributed by atoms with Crippen LogP contribution in [0.1, 0.15) is 0 Å². The van der Waals surface area contributed by atoms with E-state index >= 15 is 4.39 Å². The van der Waals surface area contributed by atoms with Gasteiger partial charge in [0.2, 0.25) is 0 Å². The first kappa shape index (κ1) is 16.6. The Morgan fingerprint density at radius 3 is 2.24 bits per heavy atom. The van der Waals surface area contributed by atoms with Crippen LogP contribution in [-0.4, -0.2) is 57.6 Å². The Balaban J connectivity index is 1.84. The third-order valence-corrected chi connectivity index (χ3v) is 5.51. The van der Waals surface area contributed by atoms with Gasteiger partial charge < -0.3 is 19.3 Å². The van der Waals surface area contributed by atoms with E-state index in [1.807, 2.05) is 4.90 Å². The molecule has 2 aromatic rings. The molecule has 2 aliphatic heterocycles. The number of benzene rings is 1. The van der Waals surface area contributed by atoms with Gasteiger partial charge in [-0.3, -0.25) is 4.79 Å². The molecule has 25 heavy (non-hydrogen) atoms. The van der Waals surface area contributed by atoms with Gasteiger partial charge in [-0.2, -0.15) is 4.98 Å². The van der Waals surface area contributed by atoms with Crippen LogP contribution in [-0.2, 0) is 9.47 Å². The minimum absolute atomic E-state index is 0.0194. The molecule has 4 rings (SSSR count). The molecular weight excluding hydrogens is 352 g/mol. The predicted octanol–water partition coefficient (Wildman–Crippen LogP) is 1.61. The number of halogens is 2. The molecule has 1 aromatic heterocycles. The third-order valence-electron chi connectivity index (χ3n) is 4.38. The molecule has 1 aromatic carbocycles. The van der Waals surface area contributed by atoms with Crippen molar-refractivity contribution in [1.82, 2.24) is 4.98 Å². The molecule has 6 nitrogen and oxygen atoms in total. The number of nitrogens with zero attached hydrogens (tertiary/aromatic N) is 3. The van der Waals surface area contributed by atoms with Crippen molar-refractivity contribution < 1.29 is 18.3 Å². The number of hydrogen-bond donors (Lipinski definition) is 0. The van der Waals surface area contributed by atoms with Crippen molar-refractivity contribution in [3.05, 3.63) is 28.1 Å². The van der Waals surface area contributed by atoms with Crippen LogP contribution >= 0.6 is 11.3 Å². The van der Waals surface area contributed by atoms with Crippen LogP contribution in [0.2, 0.25) is 0 Å². The number of hydrogen-bond acceptors (Lipinski definition) is 7. The van der Waals surface area contributed by atoms with E-state index in [-0.39, 0.29) is 15.8 Å². The number of fused-ring (bicyclic) bond motifs is 1. The lowest BCUT2D eigenvalue weighted by Gasteiger charge is -2.30. The van der Waals surface area contributed by atoms with E-state index in [1.165, 1.54) is 0 Å². The van der Waals surface area contributed by atoms with Crippen molar-refractivity contribution in [1.29, 1.82) is 0 Å². The van der Waals surface area contributed by atoms with Crippen molar-refractivity contribution in [2.75, 3.05) is 62.4 Å². The Kier molecular flexibility index (Phi) is 4.53. The highest BCUT2D eigenvalue weighted by molar-refractivity contribution is 7.21. The van der Waals surface area contributed by atoms with Crippen LogP contribution in [0, 0.1) is 11.6 Å². The van der Waals surface area contributed by atoms with Gasteiger partial charge in [0.1, 0.15) is 11.5 Å². The minimum atomic E-state index is -0.739. The summed E-state index contributed by atoms with van der Waals surface area (Å²) in [6, 6.07) is 1.10. The van der Waals surface area contributed by atoms with E-state index in [4.69, 9.17) is 9.47 Å². The molecule has 2 saturated heterocycles. The summed E-state index contributed by atoms with van der Waals surface area (Å²) in [7, 11) is 0. The third kappa shape index (κ3) is 3.07. The second-order valence-corrected chi connectivity index (χ2v) is 6.88. The van der Waals surface area contributed by atoms with Crippen molar-refractivity contribution >= 4 is 32.2 Å². The Morgan fingerprint density at radius 2 is 1.60 bits per heavy atom. The summed E-state index contributed by atoms with van der Waals surface area (Å²) in [5, 5.41) is 0.424. The van der Waals surface area contributed by atoms with E-state index in [1.54, 1.807) is 4.90 Å². The molecule has 9 heteroatoms. The van der Waals surface area contributed by atoms with Gasteiger partial charge in [0.05, 0.1) is 36.5 Å². The maximum absolute atomic E-state index is 15.1. The Labute approximate surface area is 146 Å². The molecule has 0 aliphatic carbocycles. The average Bonchev–Trinajstić information content (AvgIpc) is 2.64. The fourth-order valence-electron chi connectivity index (χ4n) is 3.08. The van der Waals surface area contributed by atoms with E-state index in [0.717, 1.165) is 17.4 Å². The van der Waals surface area contributed by atoms with E-state index < -0.39 is 17.2 Å². The molecular formula is C16H17F2N3O3S. The van der Waals surface area contributed by atoms with Crippen LogP contribution in [0.15, 0.2) is 10.9 Å². The molecule has 0 unspecified atom stereocenters. The summed E-state index contributed by atoms with van der Waals surface area (Å²) in [5.41, 5.74) is -0.702. The predicted molar refractivity (Wildman–Crippen MR) is 91.9 cm³/mol. The molecule has 0 radical (unpaired) electrons. The average molecular weight is 369 g/mol. The van der Waals surface area contributed by atoms with Crippen LogP contribution < -0.4 is 15.4 Å². The maximum Gasteiger partial charge on any atom is 0.281 e. The molecule has 134 valence electrons. The van der Waals surface area contributed by atoms with E-state index in [2.05, 4.69) is 4.98 Å². The molecule has 0 bridgehead atoms. The van der Waals surface area contributed by atoms with Gasteiger partial charge >= 0.3 is 0 Å². The van der Waals surface area contributed by atoms with Crippen molar-refractivity contribution in [2.24, 2.45) is 0 Å². The second-order valence-electron chi connectivity index (χ2n) is 5.90. The molecule has 3 heterocycles. The Morgan fingerprint density at radius 1 is 1.00 bits per heavy atom. The highest BCUT2D eigenvalue weighted by atomic mass is 32.1. The van der Waals surface area contributed by atoms with Gasteiger partial charge in [-0.15, -0.1) is 0 Å². The molecule has 0 saturated carbocycles. The standard InChI is InChI=1S/C16H17F2N3O3S/c17-11-9-10-14(12(18)13(11)20-1-5-23-6-2-20)25-16(19-15(10)22)21-3-7-24-8-4-21/h9H,1-8H2. The fourth-order valence-corrected chi connectivity index (χ4v) is 4.14. The number of morpholine rings is 2. The molecule has 0 atom stereocenters. The van der Waals surface area contributed by atoms with Gasteiger partial charge in [-0.25, -0.2) is 8.78 Å². The zero-order valence-electron chi connectivity index (χ0n) is 13.5. The van der Waals surface area contributed by atoms with Crippen molar-refractivity contribution in [2.45, 2.75) is 0 Å². The summed E-state index contributed by atoms with van der Waals surface area (Å²) in [6.45, 7) is 3.91. The quantitative estimate of drug-likeness (QED) is 0.802. The van der Waals surface area contributed by atoms with Crippen LogP contribution in [0.3, 0.4) is 0 Å². The van der Waals surface area contributed by atoms with Crippen LogP contribution in [0.4, 0.5) is 19.6 Å². The van der Waals surface area contributed by atoms with Gasteiger partial charge in [0, 0.05) is 26.2 Å². The van der Waals surface area contributed by atoms with Gasteiger partial charge in [-0.05, 0) is 6.07 Å². The number of ether oxygens (including phenoxy) is 2. The summed E-state index contributed by atoms with van der Waals surface area (Å²) in [4.78, 5) is 19.8. The first-order valence-electron chi connectivity index (χ1n) is 8.13. The summed E-state index contributed by atoms with van der Waals surface area (Å²) in [6.07, 6.45) is 0. The molecule has 0 N–H and O–H groups in total. The molecule has 0 amide bonds. The maximum atomic E-state index is 15.1. The largest absolute Gasteiger partial charge is 0.378 e. The lowest BCUT2D eigenvalue weighted by Crippen LogP contribution is -2.38. The lowest BCUT2D eigenvalue weighted by molar-refractivity contribution is 0.122. The van der Waals surface area contributed by atoms with E-state index in [9.17, 15) is 9.18 Å². The summed E-state index contributed by atoms with van der Waals surface area (Å²) < 4.78 is 40.3. The van der Waals surface area contributed by atoms with Crippen molar-refractivity contribution in [3.63, 3.8) is 0 Å². The second kappa shape index (κ2) is 6.81. The monoisotopic (exact) mass is 369 g/mol. The number of rotatable bonds is 2. The van der Waals surface area contributed by atoms with Crippen molar-refractivity contribution in [3.8, 4) is 0 Å². The molecule has 2 fully saturated rings. The van der Waals surface area contributed by atoms with Crippen LogP contribution in [0.5, 0.6) is 0 Å². The highest BCUT2D eigenvalue weighted by Crippen LogP contribution is 2.34. The summed E-state index contributed by atoms with van der Waals surface area (Å²) in [5.74, 6) is -1.44. The zero-order chi connectivity index (χ0) is 17.4. The first-order chi connectivity index (χ1) is 12.1. The zero-order valence-corrected chi connectivity index (χ0v) is 14.3. The molecule has 0 spiro atoms. The lowest BCUT2D eigenvalue weighted by atomic mass is 10.2. The minimum Gasteiger partial charge on any atom is -0.378 e. The SMILES string of the molecule is O=c1nc(N2CCOCC2)sc2c(F)c(N3CCOCC3)c(F)cc12.